The molecule has 3 heterocycles. The fraction of sp³-hybridized carbons (Fsp3) is 0.261. The minimum Gasteiger partial charge on any atom is -0.327 e. The third-order valence-electron chi connectivity index (χ3n) is 6.05. The Morgan fingerprint density at radius 3 is 2.59 bits per heavy atom. The van der Waals surface area contributed by atoms with Crippen LogP contribution in [0.25, 0.3) is 10.9 Å². The Bertz CT molecular complexity index is 1320. The van der Waals surface area contributed by atoms with Gasteiger partial charge in [0.05, 0.1) is 11.2 Å². The molecule has 0 aliphatic carbocycles. The first-order chi connectivity index (χ1) is 15.1. The summed E-state index contributed by atoms with van der Waals surface area (Å²) in [4.78, 5) is 25.5. The van der Waals surface area contributed by atoms with E-state index in [1.165, 1.54) is 0 Å². The second kappa shape index (κ2) is 8.52. The third kappa shape index (κ3) is 3.81. The Morgan fingerprint density at radius 2 is 1.88 bits per heavy atom. The summed E-state index contributed by atoms with van der Waals surface area (Å²) in [6.45, 7) is 4.70. The van der Waals surface area contributed by atoms with Gasteiger partial charge in [0.2, 0.25) is 11.4 Å². The van der Waals surface area contributed by atoms with Gasteiger partial charge in [-0.25, -0.2) is 4.99 Å². The van der Waals surface area contributed by atoms with Crippen LogP contribution in [0, 0.1) is 13.8 Å². The van der Waals surface area contributed by atoms with Crippen LogP contribution in [0.3, 0.4) is 0 Å². The highest BCUT2D eigenvalue weighted by molar-refractivity contribution is 14.3. The summed E-state index contributed by atoms with van der Waals surface area (Å²) < 4.78 is 5.77. The summed E-state index contributed by atoms with van der Waals surface area (Å²) in [6.07, 6.45) is 0.562. The van der Waals surface area contributed by atoms with Gasteiger partial charge in [0.1, 0.15) is 22.4 Å². The van der Waals surface area contributed by atoms with Gasteiger partial charge in [-0.05, 0) is 129 Å². The average Bonchev–Trinajstić information content (AvgIpc) is 3.13. The molecule has 1 atom stereocenters. The first-order valence-electron chi connectivity index (χ1n) is 9.94. The van der Waals surface area contributed by atoms with E-state index in [4.69, 9.17) is 8.06 Å². The van der Waals surface area contributed by atoms with Crippen LogP contribution in [0.5, 0.6) is 0 Å². The second-order valence-electron chi connectivity index (χ2n) is 8.08. The summed E-state index contributed by atoms with van der Waals surface area (Å²) >= 11 is 9.09. The fourth-order valence-corrected chi connectivity index (χ4v) is 6.78. The predicted octanol–water partition coefficient (Wildman–Crippen LogP) is 7.51. The zero-order chi connectivity index (χ0) is 22.8. The summed E-state index contributed by atoms with van der Waals surface area (Å²) in [5.41, 5.74) is 5.49. The third-order valence-corrected chi connectivity index (χ3v) is 8.54. The number of ketones is 1. The van der Waals surface area contributed by atoms with Crippen LogP contribution < -0.4 is 4.90 Å². The molecule has 0 bridgehead atoms. The average molecular weight is 875 g/mol. The van der Waals surface area contributed by atoms with Crippen molar-refractivity contribution in [2.24, 2.45) is 4.99 Å². The number of aryl methyl sites for hydroxylation is 2. The number of carbonyl (C=O) groups is 1. The topological polar surface area (TPSA) is 54.8 Å². The first kappa shape index (κ1) is 23.6. The number of aliphatic imine (C=N–C) groups is 1. The molecule has 164 valence electrons. The number of rotatable bonds is 3. The van der Waals surface area contributed by atoms with Crippen molar-refractivity contribution >= 4 is 125 Å². The van der Waals surface area contributed by atoms with Crippen LogP contribution >= 0.6 is 90.8 Å². The predicted molar refractivity (Wildman–Crippen MR) is 163 cm³/mol. The Kier molecular flexibility index (Phi) is 6.28. The largest absolute Gasteiger partial charge is 0.327 e. The highest BCUT2D eigenvalue weighted by Gasteiger charge is 2.55. The summed E-state index contributed by atoms with van der Waals surface area (Å²) in [7, 11) is 0. The SMILES string of the molecule is Cc1ccc2cc(N3CC[C@@]4(OI)C(=O)c5cc(C)c(C(I)(I)I)cc5N=C34)ccc2n1. The van der Waals surface area contributed by atoms with Crippen molar-refractivity contribution in [3.63, 3.8) is 0 Å². The number of anilines is 1. The number of amidine groups is 1. The highest BCUT2D eigenvalue weighted by atomic mass is 127. The van der Waals surface area contributed by atoms with Gasteiger partial charge in [0, 0.05) is 35.3 Å². The lowest BCUT2D eigenvalue weighted by Gasteiger charge is -2.32. The maximum Gasteiger partial charge on any atom is 0.205 e. The van der Waals surface area contributed by atoms with Crippen LogP contribution in [0.15, 0.2) is 47.5 Å². The van der Waals surface area contributed by atoms with E-state index in [1.807, 2.05) is 54.2 Å². The maximum absolute atomic E-state index is 13.7. The van der Waals surface area contributed by atoms with Crippen LogP contribution in [-0.4, -0.2) is 28.7 Å². The lowest BCUT2D eigenvalue weighted by molar-refractivity contribution is 0.0769. The van der Waals surface area contributed by atoms with Gasteiger partial charge in [0.15, 0.2) is 5.84 Å². The van der Waals surface area contributed by atoms with Gasteiger partial charge in [-0.3, -0.25) is 12.8 Å². The number of Topliss-reactive ketones (excluding diaryl/α,β-unsaturated/α-hetero) is 1. The number of benzene rings is 2. The Hall–Kier alpha value is -0.130. The Balaban J connectivity index is 1.67. The van der Waals surface area contributed by atoms with Crippen molar-refractivity contribution in [3.05, 3.63) is 64.8 Å². The van der Waals surface area contributed by atoms with E-state index in [1.54, 1.807) is 0 Å². The molecule has 2 aromatic carbocycles. The zero-order valence-corrected chi connectivity index (χ0v) is 25.8. The number of carbonyl (C=O) groups excluding carboxylic acids is 1. The maximum atomic E-state index is 13.7. The van der Waals surface area contributed by atoms with Gasteiger partial charge in [-0.15, -0.1) is 0 Å². The molecule has 1 saturated heterocycles. The highest BCUT2D eigenvalue weighted by Crippen LogP contribution is 2.50. The van der Waals surface area contributed by atoms with Crippen LogP contribution in [0.1, 0.15) is 33.6 Å². The number of hydrogen-bond donors (Lipinski definition) is 0. The van der Waals surface area contributed by atoms with E-state index in [9.17, 15) is 4.79 Å². The lowest BCUT2D eigenvalue weighted by Crippen LogP contribution is -2.49. The van der Waals surface area contributed by atoms with Crippen LogP contribution in [0.2, 0.25) is 0 Å². The summed E-state index contributed by atoms with van der Waals surface area (Å²) in [5.74, 6) is 0.655. The number of nitrogens with zero attached hydrogens (tertiary/aromatic N) is 3. The molecule has 0 amide bonds. The van der Waals surface area contributed by atoms with Gasteiger partial charge in [0.25, 0.3) is 0 Å². The van der Waals surface area contributed by atoms with E-state index < -0.39 is 5.60 Å². The first-order valence-corrected chi connectivity index (χ1v) is 14.1. The molecule has 0 spiro atoms. The number of fused-ring (bicyclic) bond motifs is 3. The molecule has 32 heavy (non-hydrogen) atoms. The van der Waals surface area contributed by atoms with E-state index >= 15 is 0 Å². The molecule has 5 rings (SSSR count). The number of alkyl halides is 3. The molecule has 1 aromatic heterocycles. The normalized spacial score (nSPS) is 20.4. The zero-order valence-electron chi connectivity index (χ0n) is 17.1. The smallest absolute Gasteiger partial charge is 0.205 e. The molecular formula is C23H17I4N3O2. The molecular weight excluding hydrogens is 858 g/mol. The number of pyridine rings is 1. The molecule has 1 fully saturated rings. The fourth-order valence-electron chi connectivity index (χ4n) is 4.42. The van der Waals surface area contributed by atoms with E-state index in [0.717, 1.165) is 33.4 Å². The summed E-state index contributed by atoms with van der Waals surface area (Å²) in [6, 6.07) is 14.3. The minimum absolute atomic E-state index is 0.0110. The molecule has 0 N–H and O–H groups in total. The van der Waals surface area contributed by atoms with Crippen LogP contribution in [-0.2, 0) is 2.50 Å². The molecule has 3 aromatic rings. The second-order valence-corrected chi connectivity index (χ2v) is 19.6. The molecule has 9 heteroatoms. The van der Waals surface area contributed by atoms with Gasteiger partial charge in [-0.1, -0.05) is 6.07 Å². The quantitative estimate of drug-likeness (QED) is 0.202. The number of halogens is 4. The summed E-state index contributed by atoms with van der Waals surface area (Å²) in [5, 5.41) is 1.06. The van der Waals surface area contributed by atoms with Crippen molar-refractivity contribution in [1.82, 2.24) is 4.98 Å². The van der Waals surface area contributed by atoms with Crippen molar-refractivity contribution < 1.29 is 7.86 Å². The Labute approximate surface area is 241 Å². The van der Waals surface area contributed by atoms with Gasteiger partial charge in [-0.2, -0.15) is 0 Å². The van der Waals surface area contributed by atoms with Crippen molar-refractivity contribution in [2.45, 2.75) is 25.3 Å². The van der Waals surface area contributed by atoms with Crippen LogP contribution in [0.4, 0.5) is 11.4 Å². The van der Waals surface area contributed by atoms with Gasteiger partial charge < -0.3 is 4.90 Å². The van der Waals surface area contributed by atoms with Gasteiger partial charge >= 0.3 is 0 Å². The van der Waals surface area contributed by atoms with Crippen molar-refractivity contribution in [1.29, 1.82) is 0 Å². The van der Waals surface area contributed by atoms with E-state index in [2.05, 4.69) is 103 Å². The Morgan fingerprint density at radius 1 is 1.09 bits per heavy atom. The minimum atomic E-state index is -1.06. The molecule has 0 saturated carbocycles. The van der Waals surface area contributed by atoms with Crippen molar-refractivity contribution in [3.8, 4) is 0 Å². The molecule has 5 nitrogen and oxygen atoms in total. The standard InChI is InChI=1S/C23H17I4N3O2/c1-12-9-16-19(11-17(12)23(24,25)26)29-21-22(32-27,20(16)31)7-8-30(21)15-5-6-18-14(10-15)4-3-13(2)28-18/h3-6,9-11H,7-8H2,1-2H3/t22-/m1/s1. The monoisotopic (exact) mass is 875 g/mol. The molecule has 2 aliphatic heterocycles. The number of aromatic nitrogens is 1. The lowest BCUT2D eigenvalue weighted by atomic mass is 9.86. The number of hydrogen-bond acceptors (Lipinski definition) is 5. The molecule has 2 aliphatic rings. The molecule has 0 unspecified atom stereocenters. The van der Waals surface area contributed by atoms with E-state index in [0.29, 0.717) is 30.1 Å². The molecule has 0 radical (unpaired) electrons. The van der Waals surface area contributed by atoms with Crippen molar-refractivity contribution in [2.75, 3.05) is 11.4 Å². The van der Waals surface area contributed by atoms with E-state index in [-0.39, 0.29) is 5.22 Å².